The van der Waals surface area contributed by atoms with E-state index in [0.29, 0.717) is 6.20 Å². The highest BCUT2D eigenvalue weighted by Gasteiger charge is 2.64. The summed E-state index contributed by atoms with van der Waals surface area (Å²) in [5, 5.41) is 0. The van der Waals surface area contributed by atoms with Crippen LogP contribution in [0.1, 0.15) is 16.1 Å². The van der Waals surface area contributed by atoms with Gasteiger partial charge in [-0.1, -0.05) is 0 Å². The van der Waals surface area contributed by atoms with Crippen molar-refractivity contribution in [3.8, 4) is 0 Å². The Kier molecular flexibility index (Phi) is 3.45. The minimum Gasteiger partial charge on any atom is -0.368 e. The number of nitrogens with zero attached hydrogens (tertiary/aromatic N) is 3. The van der Waals surface area contributed by atoms with Gasteiger partial charge in [0, 0.05) is 6.20 Å². The van der Waals surface area contributed by atoms with Crippen molar-refractivity contribution < 1.29 is 35.5 Å². The molecule has 2 heterocycles. The average Bonchev–Trinajstić information content (AvgIpc) is 2.56. The summed E-state index contributed by atoms with van der Waals surface area (Å²) in [5.41, 5.74) is 1.98. The molecule has 12 heteroatoms. The molecule has 0 aliphatic carbocycles. The van der Waals surface area contributed by atoms with Crippen LogP contribution >= 0.6 is 0 Å². The molecule has 22 heavy (non-hydrogen) atoms. The fourth-order valence-electron chi connectivity index (χ4n) is 1.85. The maximum Gasteiger partial charge on any atom is 0.434 e. The SMILES string of the molecule is Nc1ncc(C(=O)N2CC(F)(F)C(F)(F)C2)c(C(F)(F)F)n1. The van der Waals surface area contributed by atoms with Gasteiger partial charge in [0.15, 0.2) is 5.69 Å². The number of rotatable bonds is 1. The normalized spacial score (nSPS) is 20.2. The second-order valence-electron chi connectivity index (χ2n) is 4.56. The molecule has 0 aromatic carbocycles. The summed E-state index contributed by atoms with van der Waals surface area (Å²) >= 11 is 0. The highest BCUT2D eigenvalue weighted by atomic mass is 19.4. The van der Waals surface area contributed by atoms with E-state index in [1.165, 1.54) is 0 Å². The van der Waals surface area contributed by atoms with Gasteiger partial charge in [-0.05, 0) is 0 Å². The monoisotopic (exact) mass is 332 g/mol. The molecule has 1 amide bonds. The number of hydrogen-bond donors (Lipinski definition) is 1. The summed E-state index contributed by atoms with van der Waals surface area (Å²) < 4.78 is 90.4. The number of carbonyl (C=O) groups excluding carboxylic acids is 1. The Morgan fingerprint density at radius 1 is 1.18 bits per heavy atom. The van der Waals surface area contributed by atoms with Crippen LogP contribution in [0, 0.1) is 0 Å². The van der Waals surface area contributed by atoms with Gasteiger partial charge in [0.25, 0.3) is 5.91 Å². The van der Waals surface area contributed by atoms with Crippen LogP contribution in [-0.4, -0.2) is 45.7 Å². The standard InChI is InChI=1S/C10H7F7N4O/c11-8(12)2-21(3-9(8,13)14)6(22)4-1-19-7(18)20-5(4)10(15,16)17/h1H,2-3H2,(H2,18,19,20). The molecule has 122 valence electrons. The number of halogens is 7. The number of nitrogens with two attached hydrogens (primary N) is 1. The summed E-state index contributed by atoms with van der Waals surface area (Å²) in [6, 6.07) is 0. The second-order valence-corrected chi connectivity index (χ2v) is 4.56. The van der Waals surface area contributed by atoms with Gasteiger partial charge in [0.2, 0.25) is 5.95 Å². The number of hydrogen-bond acceptors (Lipinski definition) is 4. The van der Waals surface area contributed by atoms with Crippen molar-refractivity contribution in [1.82, 2.24) is 14.9 Å². The molecule has 0 bridgehead atoms. The quantitative estimate of drug-likeness (QED) is 0.796. The van der Waals surface area contributed by atoms with Crippen LogP contribution in [-0.2, 0) is 6.18 Å². The molecule has 2 N–H and O–H groups in total. The zero-order valence-electron chi connectivity index (χ0n) is 10.5. The van der Waals surface area contributed by atoms with Crippen molar-refractivity contribution in [2.75, 3.05) is 18.8 Å². The Morgan fingerprint density at radius 2 is 1.68 bits per heavy atom. The Morgan fingerprint density at radius 3 is 2.14 bits per heavy atom. The fraction of sp³-hybridized carbons (Fsp3) is 0.500. The molecule has 0 unspecified atom stereocenters. The van der Waals surface area contributed by atoms with Gasteiger partial charge in [-0.15, -0.1) is 0 Å². The van der Waals surface area contributed by atoms with Crippen LogP contribution in [0.5, 0.6) is 0 Å². The smallest absolute Gasteiger partial charge is 0.368 e. The molecule has 0 radical (unpaired) electrons. The van der Waals surface area contributed by atoms with Gasteiger partial charge < -0.3 is 10.6 Å². The Bertz CT molecular complexity index is 600. The van der Waals surface area contributed by atoms with Crippen molar-refractivity contribution in [2.45, 2.75) is 18.0 Å². The Labute approximate surface area is 117 Å². The van der Waals surface area contributed by atoms with Crippen LogP contribution in [0.2, 0.25) is 0 Å². The molecule has 0 spiro atoms. The lowest BCUT2D eigenvalue weighted by molar-refractivity contribution is -0.172. The minimum atomic E-state index is -5.13. The van der Waals surface area contributed by atoms with Gasteiger partial charge in [-0.25, -0.2) is 9.97 Å². The summed E-state index contributed by atoms with van der Waals surface area (Å²) in [5.74, 6) is -11.5. The van der Waals surface area contributed by atoms with E-state index in [-0.39, 0.29) is 4.90 Å². The van der Waals surface area contributed by atoms with Crippen molar-refractivity contribution >= 4 is 11.9 Å². The number of alkyl halides is 7. The molecule has 1 fully saturated rings. The summed E-state index contributed by atoms with van der Waals surface area (Å²) in [4.78, 5) is 17.8. The van der Waals surface area contributed by atoms with E-state index in [0.717, 1.165) is 0 Å². The van der Waals surface area contributed by atoms with Gasteiger partial charge >= 0.3 is 18.0 Å². The average molecular weight is 332 g/mol. The zero-order valence-corrected chi connectivity index (χ0v) is 10.5. The molecule has 1 aromatic rings. The van der Waals surface area contributed by atoms with Crippen LogP contribution < -0.4 is 5.73 Å². The fourth-order valence-corrected chi connectivity index (χ4v) is 1.85. The summed E-state index contributed by atoms with van der Waals surface area (Å²) in [6.07, 6.45) is -4.77. The molecule has 2 rings (SSSR count). The Balaban J connectivity index is 2.40. The molecule has 1 aliphatic rings. The van der Waals surface area contributed by atoms with Gasteiger partial charge in [-0.2, -0.15) is 30.7 Å². The first-order chi connectivity index (χ1) is 9.85. The molecule has 0 saturated carbocycles. The number of nitrogen functional groups attached to an aromatic ring is 1. The van der Waals surface area contributed by atoms with Crippen molar-refractivity contribution in [3.63, 3.8) is 0 Å². The Hall–Kier alpha value is -2.14. The molecule has 1 aliphatic heterocycles. The van der Waals surface area contributed by atoms with E-state index >= 15 is 0 Å². The first-order valence-electron chi connectivity index (χ1n) is 5.60. The predicted molar refractivity (Wildman–Crippen MR) is 57.2 cm³/mol. The number of aromatic nitrogens is 2. The van der Waals surface area contributed by atoms with E-state index in [1.54, 1.807) is 0 Å². The largest absolute Gasteiger partial charge is 0.434 e. The zero-order chi connectivity index (χ0) is 16.9. The van der Waals surface area contributed by atoms with Crippen molar-refractivity contribution in [1.29, 1.82) is 0 Å². The lowest BCUT2D eigenvalue weighted by Gasteiger charge is -2.17. The third-order valence-electron chi connectivity index (χ3n) is 2.91. The maximum absolute atomic E-state index is 13.0. The predicted octanol–water partition coefficient (Wildman–Crippen LogP) is 1.80. The lowest BCUT2D eigenvalue weighted by Crippen LogP contribution is -2.38. The first kappa shape index (κ1) is 16.2. The number of anilines is 1. The van der Waals surface area contributed by atoms with E-state index in [2.05, 4.69) is 9.97 Å². The second kappa shape index (κ2) is 4.68. The van der Waals surface area contributed by atoms with Crippen molar-refractivity contribution in [3.05, 3.63) is 17.5 Å². The highest BCUT2D eigenvalue weighted by molar-refractivity contribution is 5.95. The molecular formula is C10H7F7N4O. The van der Waals surface area contributed by atoms with E-state index in [4.69, 9.17) is 5.73 Å². The third kappa shape index (κ3) is 2.64. The number of likely N-dealkylation sites (tertiary alicyclic amines) is 1. The van der Waals surface area contributed by atoms with E-state index < -0.39 is 54.2 Å². The molecule has 1 aromatic heterocycles. The first-order valence-corrected chi connectivity index (χ1v) is 5.60. The summed E-state index contributed by atoms with van der Waals surface area (Å²) in [7, 11) is 0. The van der Waals surface area contributed by atoms with Crippen LogP contribution in [0.15, 0.2) is 6.20 Å². The molecule has 0 atom stereocenters. The number of carbonyl (C=O) groups is 1. The van der Waals surface area contributed by atoms with Crippen LogP contribution in [0.3, 0.4) is 0 Å². The van der Waals surface area contributed by atoms with Crippen LogP contribution in [0.25, 0.3) is 0 Å². The van der Waals surface area contributed by atoms with E-state index in [1.807, 2.05) is 0 Å². The molecular weight excluding hydrogens is 325 g/mol. The highest BCUT2D eigenvalue weighted by Crippen LogP contribution is 2.42. The lowest BCUT2D eigenvalue weighted by atomic mass is 10.2. The number of amides is 1. The van der Waals surface area contributed by atoms with Crippen molar-refractivity contribution in [2.24, 2.45) is 0 Å². The van der Waals surface area contributed by atoms with Crippen LogP contribution in [0.4, 0.5) is 36.7 Å². The minimum absolute atomic E-state index is 0.0792. The van der Waals surface area contributed by atoms with Gasteiger partial charge in [-0.3, -0.25) is 4.79 Å². The molecule has 5 nitrogen and oxygen atoms in total. The topological polar surface area (TPSA) is 72.1 Å². The third-order valence-corrected chi connectivity index (χ3v) is 2.91. The summed E-state index contributed by atoms with van der Waals surface area (Å²) in [6.45, 7) is -3.42. The van der Waals surface area contributed by atoms with Gasteiger partial charge in [0.05, 0.1) is 18.7 Å². The van der Waals surface area contributed by atoms with E-state index in [9.17, 15) is 35.5 Å². The molecule has 1 saturated heterocycles. The van der Waals surface area contributed by atoms with Gasteiger partial charge in [0.1, 0.15) is 0 Å². The maximum atomic E-state index is 13.0.